The molecule has 0 saturated carbocycles. The van der Waals surface area contributed by atoms with Gasteiger partial charge in [-0.25, -0.2) is 8.42 Å². The maximum absolute atomic E-state index is 12.7. The smallest absolute Gasteiger partial charge is 0.248 e. The van der Waals surface area contributed by atoms with E-state index in [2.05, 4.69) is 10.1 Å². The van der Waals surface area contributed by atoms with Gasteiger partial charge in [-0.1, -0.05) is 5.16 Å². The molecule has 1 aromatic heterocycles. The molecule has 1 aliphatic rings. The summed E-state index contributed by atoms with van der Waals surface area (Å²) in [7, 11) is -3.52. The standard InChI is InChI=1S/C14H25N3O4S/c1-11(2)20-10-9-16-5-7-17(8-6-16)22(18,19)14-12(3)15-21-13(14)4/h11H,5-10H2,1-4H3. The highest BCUT2D eigenvalue weighted by atomic mass is 32.2. The Morgan fingerprint density at radius 1 is 1.23 bits per heavy atom. The quantitative estimate of drug-likeness (QED) is 0.775. The molecule has 0 unspecified atom stereocenters. The minimum atomic E-state index is -3.52. The first-order valence-electron chi connectivity index (χ1n) is 7.59. The van der Waals surface area contributed by atoms with Gasteiger partial charge in [-0.3, -0.25) is 4.90 Å². The van der Waals surface area contributed by atoms with Crippen LogP contribution in [-0.2, 0) is 14.8 Å². The van der Waals surface area contributed by atoms with Crippen LogP contribution >= 0.6 is 0 Å². The zero-order chi connectivity index (χ0) is 16.3. The summed E-state index contributed by atoms with van der Waals surface area (Å²) in [6, 6.07) is 0. The Labute approximate surface area is 132 Å². The Morgan fingerprint density at radius 2 is 1.86 bits per heavy atom. The van der Waals surface area contributed by atoms with Crippen LogP contribution in [0.3, 0.4) is 0 Å². The van der Waals surface area contributed by atoms with Crippen LogP contribution < -0.4 is 0 Å². The van der Waals surface area contributed by atoms with Gasteiger partial charge in [0.25, 0.3) is 0 Å². The summed E-state index contributed by atoms with van der Waals surface area (Å²) in [4.78, 5) is 2.44. The van der Waals surface area contributed by atoms with Crippen molar-refractivity contribution in [2.45, 2.75) is 38.7 Å². The van der Waals surface area contributed by atoms with Crippen molar-refractivity contribution in [1.82, 2.24) is 14.4 Å². The fourth-order valence-electron chi connectivity index (χ4n) is 2.58. The van der Waals surface area contributed by atoms with Crippen LogP contribution in [0.5, 0.6) is 0 Å². The molecule has 0 aromatic carbocycles. The number of hydrogen-bond acceptors (Lipinski definition) is 6. The maximum atomic E-state index is 12.7. The van der Waals surface area contributed by atoms with E-state index in [-0.39, 0.29) is 11.0 Å². The number of hydrogen-bond donors (Lipinski definition) is 0. The van der Waals surface area contributed by atoms with Crippen LogP contribution in [0.2, 0.25) is 0 Å². The average Bonchev–Trinajstić information content (AvgIpc) is 2.79. The summed E-state index contributed by atoms with van der Waals surface area (Å²) in [5, 5.41) is 3.74. The zero-order valence-corrected chi connectivity index (χ0v) is 14.5. The Balaban J connectivity index is 1.94. The first-order chi connectivity index (χ1) is 10.3. The second kappa shape index (κ2) is 7.08. The van der Waals surface area contributed by atoms with E-state index in [9.17, 15) is 8.42 Å². The number of aryl methyl sites for hydroxylation is 2. The summed E-state index contributed by atoms with van der Waals surface area (Å²) >= 11 is 0. The van der Waals surface area contributed by atoms with Crippen molar-refractivity contribution in [3.05, 3.63) is 11.5 Å². The molecule has 1 saturated heterocycles. The molecule has 126 valence electrons. The molecule has 8 heteroatoms. The van der Waals surface area contributed by atoms with E-state index in [1.807, 2.05) is 13.8 Å². The topological polar surface area (TPSA) is 75.9 Å². The number of rotatable bonds is 6. The minimum Gasteiger partial charge on any atom is -0.377 e. The summed E-state index contributed by atoms with van der Waals surface area (Å²) in [5.41, 5.74) is 0.422. The lowest BCUT2D eigenvalue weighted by Crippen LogP contribution is -2.49. The van der Waals surface area contributed by atoms with E-state index in [1.165, 1.54) is 4.31 Å². The second-order valence-corrected chi connectivity index (χ2v) is 7.69. The van der Waals surface area contributed by atoms with Crippen molar-refractivity contribution in [3.8, 4) is 0 Å². The molecule has 1 fully saturated rings. The predicted molar refractivity (Wildman–Crippen MR) is 82.3 cm³/mol. The zero-order valence-electron chi connectivity index (χ0n) is 13.7. The van der Waals surface area contributed by atoms with Crippen molar-refractivity contribution in [3.63, 3.8) is 0 Å². The predicted octanol–water partition coefficient (Wildman–Crippen LogP) is 1.02. The van der Waals surface area contributed by atoms with Gasteiger partial charge in [0.05, 0.1) is 12.7 Å². The van der Waals surface area contributed by atoms with Crippen LogP contribution in [0.15, 0.2) is 9.42 Å². The van der Waals surface area contributed by atoms with Gasteiger partial charge in [-0.15, -0.1) is 0 Å². The molecule has 0 N–H and O–H groups in total. The van der Waals surface area contributed by atoms with Gasteiger partial charge >= 0.3 is 0 Å². The molecule has 1 aromatic rings. The van der Waals surface area contributed by atoms with Gasteiger partial charge in [0.15, 0.2) is 5.76 Å². The summed E-state index contributed by atoms with van der Waals surface area (Å²) in [6.45, 7) is 11.2. The van der Waals surface area contributed by atoms with E-state index in [0.717, 1.165) is 6.54 Å². The molecule has 0 atom stereocenters. The number of ether oxygens (including phenoxy) is 1. The molecule has 0 spiro atoms. The molecular formula is C14H25N3O4S. The summed E-state index contributed by atoms with van der Waals surface area (Å²) in [5.74, 6) is 0.352. The molecule has 7 nitrogen and oxygen atoms in total. The number of aromatic nitrogens is 1. The Morgan fingerprint density at radius 3 is 2.36 bits per heavy atom. The summed E-state index contributed by atoms with van der Waals surface area (Å²) in [6.07, 6.45) is 0.223. The molecule has 0 bridgehead atoms. The third-order valence-electron chi connectivity index (χ3n) is 3.76. The van der Waals surface area contributed by atoms with Crippen LogP contribution in [0, 0.1) is 13.8 Å². The maximum Gasteiger partial charge on any atom is 0.248 e. The largest absolute Gasteiger partial charge is 0.377 e. The molecule has 22 heavy (non-hydrogen) atoms. The molecule has 0 radical (unpaired) electrons. The Bertz CT molecular complexity index is 570. The van der Waals surface area contributed by atoms with Crippen molar-refractivity contribution < 1.29 is 17.7 Å². The van der Waals surface area contributed by atoms with Crippen molar-refractivity contribution >= 4 is 10.0 Å². The fraction of sp³-hybridized carbons (Fsp3) is 0.786. The molecule has 2 heterocycles. The van der Waals surface area contributed by atoms with Crippen LogP contribution in [0.25, 0.3) is 0 Å². The van der Waals surface area contributed by atoms with Crippen LogP contribution in [-0.4, -0.2) is 68.2 Å². The third-order valence-corrected chi connectivity index (χ3v) is 5.90. The second-order valence-electron chi connectivity index (χ2n) is 5.82. The van der Waals surface area contributed by atoms with Crippen molar-refractivity contribution in [1.29, 1.82) is 0 Å². The SMILES string of the molecule is Cc1noc(C)c1S(=O)(=O)N1CCN(CCOC(C)C)CC1. The molecule has 0 amide bonds. The van der Waals surface area contributed by atoms with Crippen LogP contribution in [0.4, 0.5) is 0 Å². The molecule has 1 aliphatic heterocycles. The monoisotopic (exact) mass is 331 g/mol. The van der Waals surface area contributed by atoms with E-state index in [1.54, 1.807) is 13.8 Å². The van der Waals surface area contributed by atoms with Gasteiger partial charge in [-0.2, -0.15) is 4.31 Å². The van der Waals surface area contributed by atoms with E-state index in [0.29, 0.717) is 44.2 Å². The highest BCUT2D eigenvalue weighted by Gasteiger charge is 2.33. The summed E-state index contributed by atoms with van der Waals surface area (Å²) < 4.78 is 37.4. The lowest BCUT2D eigenvalue weighted by atomic mass is 10.3. The highest BCUT2D eigenvalue weighted by Crippen LogP contribution is 2.24. The Hall–Kier alpha value is -0.960. The van der Waals surface area contributed by atoms with E-state index >= 15 is 0 Å². The normalized spacial score (nSPS) is 18.2. The molecular weight excluding hydrogens is 306 g/mol. The lowest BCUT2D eigenvalue weighted by molar-refractivity contribution is 0.0521. The van der Waals surface area contributed by atoms with Gasteiger partial charge in [0.2, 0.25) is 10.0 Å². The first kappa shape index (κ1) is 17.4. The number of sulfonamides is 1. The minimum absolute atomic E-state index is 0.212. The van der Waals surface area contributed by atoms with Gasteiger partial charge in [0, 0.05) is 32.7 Å². The lowest BCUT2D eigenvalue weighted by Gasteiger charge is -2.33. The van der Waals surface area contributed by atoms with Gasteiger partial charge < -0.3 is 9.26 Å². The molecule has 2 rings (SSSR count). The fourth-order valence-corrected chi connectivity index (χ4v) is 4.30. The number of piperazine rings is 1. The van der Waals surface area contributed by atoms with Gasteiger partial charge in [-0.05, 0) is 27.7 Å². The van der Waals surface area contributed by atoms with Crippen molar-refractivity contribution in [2.75, 3.05) is 39.3 Å². The third kappa shape index (κ3) is 3.87. The van der Waals surface area contributed by atoms with Crippen molar-refractivity contribution in [2.24, 2.45) is 0 Å². The molecule has 0 aliphatic carbocycles. The number of nitrogens with zero attached hydrogens (tertiary/aromatic N) is 3. The van der Waals surface area contributed by atoms with Gasteiger partial charge in [0.1, 0.15) is 10.6 Å². The highest BCUT2D eigenvalue weighted by molar-refractivity contribution is 7.89. The van der Waals surface area contributed by atoms with Crippen LogP contribution in [0.1, 0.15) is 25.3 Å². The first-order valence-corrected chi connectivity index (χ1v) is 9.03. The van der Waals surface area contributed by atoms with E-state index in [4.69, 9.17) is 9.26 Å². The van der Waals surface area contributed by atoms with E-state index < -0.39 is 10.0 Å². The average molecular weight is 331 g/mol. The Kier molecular flexibility index (Phi) is 5.60.